The van der Waals surface area contributed by atoms with Gasteiger partial charge < -0.3 is 10.2 Å². The molecule has 1 unspecified atom stereocenters. The summed E-state index contributed by atoms with van der Waals surface area (Å²) in [5.74, 6) is 1.15. The maximum absolute atomic E-state index is 4.59. The second kappa shape index (κ2) is 4.42. The molecule has 1 aromatic heterocycles. The second-order valence-corrected chi connectivity index (χ2v) is 4.79. The minimum atomic E-state index is 0.542. The Labute approximate surface area is 96.9 Å². The highest BCUT2D eigenvalue weighted by Crippen LogP contribution is 2.24. The van der Waals surface area contributed by atoms with Crippen LogP contribution in [0.1, 0.15) is 37.3 Å². The van der Waals surface area contributed by atoms with Crippen LogP contribution in [0.4, 0.5) is 5.82 Å². The van der Waals surface area contributed by atoms with E-state index >= 15 is 0 Å². The van der Waals surface area contributed by atoms with Crippen LogP contribution in [0.5, 0.6) is 0 Å². The fourth-order valence-electron chi connectivity index (χ4n) is 2.71. The molecule has 0 radical (unpaired) electrons. The van der Waals surface area contributed by atoms with Gasteiger partial charge in [0.1, 0.15) is 5.82 Å². The molecule has 2 aliphatic rings. The predicted octanol–water partition coefficient (Wildman–Crippen LogP) is 2.11. The first-order valence-corrected chi connectivity index (χ1v) is 6.38. The zero-order valence-electron chi connectivity index (χ0n) is 9.65. The lowest BCUT2D eigenvalue weighted by molar-refractivity contribution is 0.645. The molecule has 1 N–H and O–H groups in total. The van der Waals surface area contributed by atoms with Crippen molar-refractivity contribution in [3.63, 3.8) is 0 Å². The lowest BCUT2D eigenvalue weighted by Crippen LogP contribution is -2.19. The van der Waals surface area contributed by atoms with Crippen molar-refractivity contribution in [3.05, 3.63) is 23.9 Å². The molecule has 2 fully saturated rings. The van der Waals surface area contributed by atoms with Gasteiger partial charge in [-0.25, -0.2) is 4.98 Å². The van der Waals surface area contributed by atoms with E-state index in [0.717, 1.165) is 12.4 Å². The van der Waals surface area contributed by atoms with E-state index in [0.29, 0.717) is 6.04 Å². The van der Waals surface area contributed by atoms with E-state index in [1.807, 2.05) is 0 Å². The maximum Gasteiger partial charge on any atom is 0.128 e. The van der Waals surface area contributed by atoms with Crippen LogP contribution < -0.4 is 10.2 Å². The SMILES string of the molecule is c1cc(N2CCCC2)ncc1C1CCCN1. The fourth-order valence-corrected chi connectivity index (χ4v) is 2.71. The van der Waals surface area contributed by atoms with Crippen LogP contribution in [0.3, 0.4) is 0 Å². The van der Waals surface area contributed by atoms with E-state index < -0.39 is 0 Å². The Balaban J connectivity index is 1.73. The number of nitrogens with one attached hydrogen (secondary N) is 1. The van der Waals surface area contributed by atoms with Crippen LogP contribution in [0.25, 0.3) is 0 Å². The normalized spacial score (nSPS) is 25.2. The maximum atomic E-state index is 4.59. The summed E-state index contributed by atoms with van der Waals surface area (Å²) in [6.45, 7) is 3.50. The van der Waals surface area contributed by atoms with Gasteiger partial charge in [-0.3, -0.25) is 0 Å². The summed E-state index contributed by atoms with van der Waals surface area (Å²) in [5, 5.41) is 3.51. The van der Waals surface area contributed by atoms with Crippen LogP contribution in [0.15, 0.2) is 18.3 Å². The lowest BCUT2D eigenvalue weighted by Gasteiger charge is -2.17. The average Bonchev–Trinajstić information content (AvgIpc) is 3.03. The Hall–Kier alpha value is -1.09. The molecule has 0 saturated carbocycles. The molecule has 86 valence electrons. The zero-order valence-corrected chi connectivity index (χ0v) is 9.65. The smallest absolute Gasteiger partial charge is 0.128 e. The highest BCUT2D eigenvalue weighted by atomic mass is 15.2. The Morgan fingerprint density at radius 2 is 2.06 bits per heavy atom. The summed E-state index contributed by atoms with van der Waals surface area (Å²) in [4.78, 5) is 6.97. The van der Waals surface area contributed by atoms with Crippen LogP contribution in [0, 0.1) is 0 Å². The Morgan fingerprint density at radius 1 is 1.19 bits per heavy atom. The molecule has 1 aromatic rings. The molecule has 2 saturated heterocycles. The van der Waals surface area contributed by atoms with E-state index in [1.165, 1.54) is 44.3 Å². The number of rotatable bonds is 2. The van der Waals surface area contributed by atoms with Gasteiger partial charge in [-0.05, 0) is 43.9 Å². The standard InChI is InChI=1S/C13H19N3/c1-2-9-16(8-1)13-6-5-11(10-15-13)12-4-3-7-14-12/h5-6,10,12,14H,1-4,7-9H2. The predicted molar refractivity (Wildman–Crippen MR) is 65.7 cm³/mol. The van der Waals surface area contributed by atoms with E-state index in [1.54, 1.807) is 0 Å². The quantitative estimate of drug-likeness (QED) is 0.822. The summed E-state index contributed by atoms with van der Waals surface area (Å²) in [5.41, 5.74) is 1.35. The molecular weight excluding hydrogens is 198 g/mol. The average molecular weight is 217 g/mol. The lowest BCUT2D eigenvalue weighted by atomic mass is 10.1. The van der Waals surface area contributed by atoms with Crippen molar-refractivity contribution in [3.8, 4) is 0 Å². The molecule has 3 heterocycles. The summed E-state index contributed by atoms with van der Waals surface area (Å²) >= 11 is 0. The van der Waals surface area contributed by atoms with Gasteiger partial charge in [0, 0.05) is 25.3 Å². The van der Waals surface area contributed by atoms with Crippen LogP contribution in [0.2, 0.25) is 0 Å². The third kappa shape index (κ3) is 1.92. The summed E-state index contributed by atoms with van der Waals surface area (Å²) in [6.07, 6.45) is 7.22. The Morgan fingerprint density at radius 3 is 2.69 bits per heavy atom. The molecule has 0 spiro atoms. The summed E-state index contributed by atoms with van der Waals surface area (Å²) in [6, 6.07) is 4.96. The van der Waals surface area contributed by atoms with Gasteiger partial charge in [-0.15, -0.1) is 0 Å². The van der Waals surface area contributed by atoms with Gasteiger partial charge in [0.25, 0.3) is 0 Å². The highest BCUT2D eigenvalue weighted by Gasteiger charge is 2.17. The monoisotopic (exact) mass is 217 g/mol. The van der Waals surface area contributed by atoms with Crippen molar-refractivity contribution < 1.29 is 0 Å². The molecule has 3 rings (SSSR count). The molecule has 16 heavy (non-hydrogen) atoms. The van der Waals surface area contributed by atoms with E-state index in [-0.39, 0.29) is 0 Å². The topological polar surface area (TPSA) is 28.2 Å². The second-order valence-electron chi connectivity index (χ2n) is 4.79. The molecule has 1 atom stereocenters. The molecule has 0 aliphatic carbocycles. The van der Waals surface area contributed by atoms with Crippen molar-refractivity contribution in [1.29, 1.82) is 0 Å². The van der Waals surface area contributed by atoms with Gasteiger partial charge in [0.15, 0.2) is 0 Å². The van der Waals surface area contributed by atoms with Crippen LogP contribution >= 0.6 is 0 Å². The van der Waals surface area contributed by atoms with Crippen LogP contribution in [-0.2, 0) is 0 Å². The number of anilines is 1. The van der Waals surface area contributed by atoms with Crippen molar-refractivity contribution in [2.45, 2.75) is 31.7 Å². The van der Waals surface area contributed by atoms with Gasteiger partial charge in [0.2, 0.25) is 0 Å². The number of hydrogen-bond acceptors (Lipinski definition) is 3. The molecular formula is C13H19N3. The van der Waals surface area contributed by atoms with Gasteiger partial charge >= 0.3 is 0 Å². The van der Waals surface area contributed by atoms with Crippen molar-refractivity contribution in [2.24, 2.45) is 0 Å². The molecule has 2 aliphatic heterocycles. The largest absolute Gasteiger partial charge is 0.357 e. The number of pyridine rings is 1. The molecule has 0 bridgehead atoms. The first-order valence-electron chi connectivity index (χ1n) is 6.38. The highest BCUT2D eigenvalue weighted by molar-refractivity contribution is 5.40. The minimum Gasteiger partial charge on any atom is -0.357 e. The molecule has 0 aromatic carbocycles. The molecule has 3 nitrogen and oxygen atoms in total. The van der Waals surface area contributed by atoms with Gasteiger partial charge in [0.05, 0.1) is 0 Å². The minimum absolute atomic E-state index is 0.542. The van der Waals surface area contributed by atoms with E-state index in [9.17, 15) is 0 Å². The van der Waals surface area contributed by atoms with Gasteiger partial charge in [-0.2, -0.15) is 0 Å². The summed E-state index contributed by atoms with van der Waals surface area (Å²) in [7, 11) is 0. The first-order chi connectivity index (χ1) is 7.93. The third-order valence-corrected chi connectivity index (χ3v) is 3.66. The number of aromatic nitrogens is 1. The fraction of sp³-hybridized carbons (Fsp3) is 0.615. The van der Waals surface area contributed by atoms with Gasteiger partial charge in [-0.1, -0.05) is 6.07 Å². The van der Waals surface area contributed by atoms with Crippen molar-refractivity contribution in [2.75, 3.05) is 24.5 Å². The molecule has 3 heteroatoms. The third-order valence-electron chi connectivity index (χ3n) is 3.66. The van der Waals surface area contributed by atoms with E-state index in [2.05, 4.69) is 33.5 Å². The van der Waals surface area contributed by atoms with Crippen molar-refractivity contribution in [1.82, 2.24) is 10.3 Å². The number of nitrogens with zero attached hydrogens (tertiary/aromatic N) is 2. The Kier molecular flexibility index (Phi) is 2.79. The first kappa shape index (κ1) is 10.1. The van der Waals surface area contributed by atoms with Crippen LogP contribution in [-0.4, -0.2) is 24.6 Å². The van der Waals surface area contributed by atoms with E-state index in [4.69, 9.17) is 0 Å². The molecule has 0 amide bonds. The van der Waals surface area contributed by atoms with Crippen molar-refractivity contribution >= 4 is 5.82 Å². The number of hydrogen-bond donors (Lipinski definition) is 1. The zero-order chi connectivity index (χ0) is 10.8. The summed E-state index contributed by atoms with van der Waals surface area (Å²) < 4.78 is 0. The Bertz CT molecular complexity index is 300.